The zero-order valence-corrected chi connectivity index (χ0v) is 18.1. The second-order valence-electron chi connectivity index (χ2n) is 7.66. The molecule has 1 heterocycles. The molecule has 1 spiro atoms. The van der Waals surface area contributed by atoms with Crippen molar-refractivity contribution in [2.24, 2.45) is 5.92 Å². The molecule has 0 unspecified atom stereocenters. The van der Waals surface area contributed by atoms with Crippen LogP contribution in [0.3, 0.4) is 0 Å². The Kier molecular flexibility index (Phi) is 6.95. The Hall–Kier alpha value is -2.23. The summed E-state index contributed by atoms with van der Waals surface area (Å²) in [6.07, 6.45) is 3.90. The molecule has 1 aliphatic heterocycles. The van der Waals surface area contributed by atoms with Crippen LogP contribution in [0.5, 0.6) is 5.75 Å². The fraction of sp³-hybridized carbons (Fsp3) is 0.550. The predicted molar refractivity (Wildman–Crippen MR) is 108 cm³/mol. The summed E-state index contributed by atoms with van der Waals surface area (Å²) < 4.78 is 30.2. The summed E-state index contributed by atoms with van der Waals surface area (Å²) in [6, 6.07) is 3.89. The van der Waals surface area contributed by atoms with Gasteiger partial charge in [-0.25, -0.2) is 4.79 Å². The average Bonchev–Trinajstić information content (AvgIpc) is 2.92. The predicted octanol–water partition coefficient (Wildman–Crippen LogP) is 3.56. The topological polar surface area (TPSA) is 87.7 Å². The van der Waals surface area contributed by atoms with Gasteiger partial charge in [-0.1, -0.05) is 29.3 Å². The average molecular weight is 488 g/mol. The lowest BCUT2D eigenvalue weighted by molar-refractivity contribution is -0.136. The van der Waals surface area contributed by atoms with Gasteiger partial charge in [-0.15, -0.1) is 0 Å². The lowest BCUT2D eigenvalue weighted by Crippen LogP contribution is -2.50. The first-order valence-corrected chi connectivity index (χ1v) is 10.7. The summed E-state index contributed by atoms with van der Waals surface area (Å²) in [7, 11) is 0. The monoisotopic (exact) mass is 487 g/mol. The molecular weight excluding hydrogens is 464 g/mol. The number of ether oxygens (including phenoxy) is 1. The number of benzene rings is 1. The van der Waals surface area contributed by atoms with Gasteiger partial charge in [0.2, 0.25) is 5.91 Å². The normalized spacial score (nSPS) is 23.8. The van der Waals surface area contributed by atoms with Crippen LogP contribution in [-0.4, -0.2) is 41.4 Å². The number of urea groups is 1. The number of imide groups is 1. The molecule has 2 N–H and O–H groups in total. The van der Waals surface area contributed by atoms with Gasteiger partial charge in [-0.2, -0.15) is 8.78 Å². The number of carbonyl (C=O) groups is 3. The maximum atomic E-state index is 12.9. The Morgan fingerprint density at radius 2 is 2.07 bits per heavy atom. The van der Waals surface area contributed by atoms with E-state index in [9.17, 15) is 23.2 Å². The van der Waals surface area contributed by atoms with Crippen LogP contribution in [0.15, 0.2) is 22.7 Å². The molecular formula is C20H24BrF2N3O4. The lowest BCUT2D eigenvalue weighted by Gasteiger charge is -2.34. The van der Waals surface area contributed by atoms with Crippen LogP contribution in [-0.2, 0) is 16.1 Å². The minimum atomic E-state index is -2.99. The molecule has 2 aliphatic rings. The van der Waals surface area contributed by atoms with Crippen molar-refractivity contribution in [3.8, 4) is 5.75 Å². The molecule has 30 heavy (non-hydrogen) atoms. The second-order valence-corrected chi connectivity index (χ2v) is 8.58. The fourth-order valence-corrected chi connectivity index (χ4v) is 4.44. The van der Waals surface area contributed by atoms with E-state index in [0.717, 1.165) is 24.2 Å². The number of halogens is 3. The molecule has 1 aliphatic carbocycles. The van der Waals surface area contributed by atoms with Gasteiger partial charge in [0.05, 0.1) is 0 Å². The summed E-state index contributed by atoms with van der Waals surface area (Å²) >= 11 is 3.24. The zero-order chi connectivity index (χ0) is 21.9. The molecule has 1 aromatic rings. The number of carbonyl (C=O) groups excluding carboxylic acids is 3. The Morgan fingerprint density at radius 3 is 2.70 bits per heavy atom. The smallest absolute Gasteiger partial charge is 0.387 e. The van der Waals surface area contributed by atoms with Gasteiger partial charge >= 0.3 is 12.6 Å². The highest BCUT2D eigenvalue weighted by molar-refractivity contribution is 9.10. The third kappa shape index (κ3) is 4.91. The van der Waals surface area contributed by atoms with Gasteiger partial charge in [0.25, 0.3) is 5.91 Å². The van der Waals surface area contributed by atoms with E-state index in [1.165, 1.54) is 6.07 Å². The summed E-state index contributed by atoms with van der Waals surface area (Å²) in [6.45, 7) is -1.40. The van der Waals surface area contributed by atoms with Crippen molar-refractivity contribution in [3.63, 3.8) is 0 Å². The zero-order valence-electron chi connectivity index (χ0n) is 16.6. The van der Waals surface area contributed by atoms with Crippen molar-refractivity contribution in [2.75, 3.05) is 6.54 Å². The van der Waals surface area contributed by atoms with Crippen molar-refractivity contribution in [2.45, 2.75) is 57.7 Å². The van der Waals surface area contributed by atoms with E-state index in [4.69, 9.17) is 0 Å². The molecule has 3 rings (SSSR count). The third-order valence-electron chi connectivity index (χ3n) is 5.80. The molecule has 0 bridgehead atoms. The maximum absolute atomic E-state index is 12.9. The van der Waals surface area contributed by atoms with E-state index in [1.807, 2.05) is 0 Å². The van der Waals surface area contributed by atoms with Crippen molar-refractivity contribution in [1.82, 2.24) is 15.5 Å². The van der Waals surface area contributed by atoms with E-state index in [0.29, 0.717) is 28.8 Å². The largest absolute Gasteiger partial charge is 0.434 e. The molecule has 1 aromatic carbocycles. The third-order valence-corrected chi connectivity index (χ3v) is 6.29. The van der Waals surface area contributed by atoms with Crippen LogP contribution in [0.4, 0.5) is 13.6 Å². The van der Waals surface area contributed by atoms with E-state index in [-0.39, 0.29) is 18.2 Å². The fourth-order valence-electron chi connectivity index (χ4n) is 4.03. The first-order valence-electron chi connectivity index (χ1n) is 9.88. The molecule has 7 nitrogen and oxygen atoms in total. The van der Waals surface area contributed by atoms with Crippen molar-refractivity contribution in [1.29, 1.82) is 0 Å². The number of hydrogen-bond donors (Lipinski definition) is 2. The standard InChI is InChI=1S/C20H24BrF2N3O4/c1-2-12-5-7-20(8-6-12)17(28)26(19(29)25-20)11-16(27)24-10-13-9-14(21)3-4-15(13)30-18(22)23/h3-4,9,12,18H,2,5-8,10-11H2,1H3,(H,24,27)(H,25,29). The van der Waals surface area contributed by atoms with E-state index >= 15 is 0 Å². The van der Waals surface area contributed by atoms with Gasteiger partial charge in [-0.3, -0.25) is 14.5 Å². The number of rotatable bonds is 7. The number of nitrogens with zero attached hydrogens (tertiary/aromatic N) is 1. The minimum Gasteiger partial charge on any atom is -0.434 e. The van der Waals surface area contributed by atoms with Crippen molar-refractivity contribution in [3.05, 3.63) is 28.2 Å². The van der Waals surface area contributed by atoms with Crippen LogP contribution < -0.4 is 15.4 Å². The minimum absolute atomic E-state index is 0.0601. The summed E-state index contributed by atoms with van der Waals surface area (Å²) in [5.41, 5.74) is -0.574. The quantitative estimate of drug-likeness (QED) is 0.575. The van der Waals surface area contributed by atoms with E-state index in [1.54, 1.807) is 12.1 Å². The Balaban J connectivity index is 1.60. The van der Waals surface area contributed by atoms with E-state index < -0.39 is 30.6 Å². The summed E-state index contributed by atoms with van der Waals surface area (Å²) in [5.74, 6) is -0.454. The van der Waals surface area contributed by atoms with Crippen LogP contribution in [0.2, 0.25) is 0 Å². The summed E-state index contributed by atoms with van der Waals surface area (Å²) in [4.78, 5) is 38.5. The number of alkyl halides is 2. The Labute approximate surface area is 181 Å². The Morgan fingerprint density at radius 1 is 1.37 bits per heavy atom. The van der Waals surface area contributed by atoms with Gasteiger partial charge < -0.3 is 15.4 Å². The lowest BCUT2D eigenvalue weighted by atomic mass is 9.75. The molecule has 0 radical (unpaired) electrons. The van der Waals surface area contributed by atoms with Crippen molar-refractivity contribution >= 4 is 33.8 Å². The number of hydrogen-bond acceptors (Lipinski definition) is 4. The summed E-state index contributed by atoms with van der Waals surface area (Å²) in [5, 5.41) is 5.34. The van der Waals surface area contributed by atoms with Gasteiger partial charge in [-0.05, 0) is 49.8 Å². The SMILES string of the molecule is CCC1CCC2(CC1)NC(=O)N(CC(=O)NCc1cc(Br)ccc1OC(F)F)C2=O. The Bertz CT molecular complexity index is 828. The van der Waals surface area contributed by atoms with Gasteiger partial charge in [0.1, 0.15) is 17.8 Å². The van der Waals surface area contributed by atoms with Gasteiger partial charge in [0.15, 0.2) is 0 Å². The van der Waals surface area contributed by atoms with Crippen molar-refractivity contribution < 1.29 is 27.9 Å². The first-order chi connectivity index (χ1) is 14.2. The van der Waals surface area contributed by atoms with Crippen LogP contribution in [0.25, 0.3) is 0 Å². The first kappa shape index (κ1) is 22.5. The van der Waals surface area contributed by atoms with Gasteiger partial charge in [0, 0.05) is 16.6 Å². The van der Waals surface area contributed by atoms with Crippen LogP contribution >= 0.6 is 15.9 Å². The number of nitrogens with one attached hydrogen (secondary N) is 2. The molecule has 1 saturated heterocycles. The molecule has 2 fully saturated rings. The van der Waals surface area contributed by atoms with Crippen LogP contribution in [0.1, 0.15) is 44.6 Å². The highest BCUT2D eigenvalue weighted by Gasteiger charge is 2.52. The second kappa shape index (κ2) is 9.28. The molecule has 164 valence electrons. The highest BCUT2D eigenvalue weighted by Crippen LogP contribution is 2.37. The molecule has 1 saturated carbocycles. The molecule has 0 atom stereocenters. The number of amides is 4. The molecule has 4 amide bonds. The van der Waals surface area contributed by atoms with Crippen LogP contribution in [0, 0.1) is 5.92 Å². The maximum Gasteiger partial charge on any atom is 0.387 e. The molecule has 10 heteroatoms. The van der Waals surface area contributed by atoms with E-state index in [2.05, 4.69) is 38.2 Å². The highest BCUT2D eigenvalue weighted by atomic mass is 79.9. The molecule has 0 aromatic heterocycles.